The highest BCUT2D eigenvalue weighted by Gasteiger charge is 2.23. The number of fused-ring (bicyclic) bond motifs is 1. The largest absolute Gasteiger partial charge is 0.352 e. The molecule has 0 bridgehead atoms. The maximum atomic E-state index is 12.9. The first-order valence-corrected chi connectivity index (χ1v) is 9.49. The Morgan fingerprint density at radius 3 is 2.48 bits per heavy atom. The molecular formula is C22H27N3O2. The number of rotatable bonds is 6. The molecule has 0 unspecified atom stereocenters. The van der Waals surface area contributed by atoms with Crippen LogP contribution in [0.2, 0.25) is 0 Å². The standard InChI is InChI=1S/C22H27N3O2/c1-24(2)15-6-14-23-21(26)18-10-12-19(13-11-18)22(27)25-16-5-8-17-7-3-4-9-20(17)25/h3-4,7,9-13H,5-6,8,14-16H2,1-2H3,(H,23,26). The highest BCUT2D eigenvalue weighted by atomic mass is 16.2. The molecule has 5 heteroatoms. The van der Waals surface area contributed by atoms with Gasteiger partial charge < -0.3 is 15.1 Å². The molecule has 1 N–H and O–H groups in total. The number of amides is 2. The summed E-state index contributed by atoms with van der Waals surface area (Å²) in [5.41, 5.74) is 3.40. The second-order valence-electron chi connectivity index (χ2n) is 7.18. The third-order valence-corrected chi connectivity index (χ3v) is 4.82. The second kappa shape index (κ2) is 8.82. The van der Waals surface area contributed by atoms with Gasteiger partial charge in [0.25, 0.3) is 11.8 Å². The van der Waals surface area contributed by atoms with Gasteiger partial charge in [0.05, 0.1) is 0 Å². The molecule has 0 aromatic heterocycles. The summed E-state index contributed by atoms with van der Waals surface area (Å²) in [5.74, 6) is -0.115. The maximum absolute atomic E-state index is 12.9. The van der Waals surface area contributed by atoms with Crippen LogP contribution >= 0.6 is 0 Å². The summed E-state index contributed by atoms with van der Waals surface area (Å²) in [7, 11) is 4.02. The molecule has 0 radical (unpaired) electrons. The molecule has 2 amide bonds. The molecule has 0 spiro atoms. The lowest BCUT2D eigenvalue weighted by Crippen LogP contribution is -2.35. The number of hydrogen-bond donors (Lipinski definition) is 1. The van der Waals surface area contributed by atoms with Crippen LogP contribution in [0, 0.1) is 0 Å². The number of carbonyl (C=O) groups excluding carboxylic acids is 2. The van der Waals surface area contributed by atoms with Crippen molar-refractivity contribution in [2.24, 2.45) is 0 Å². The molecule has 1 aliphatic heterocycles. The van der Waals surface area contributed by atoms with E-state index in [-0.39, 0.29) is 11.8 Å². The number of hydrogen-bond acceptors (Lipinski definition) is 3. The molecule has 5 nitrogen and oxygen atoms in total. The van der Waals surface area contributed by atoms with E-state index in [4.69, 9.17) is 0 Å². The molecule has 0 fully saturated rings. The van der Waals surface area contributed by atoms with E-state index in [9.17, 15) is 9.59 Å². The number of aryl methyl sites for hydroxylation is 1. The molecular weight excluding hydrogens is 338 g/mol. The van der Waals surface area contributed by atoms with Gasteiger partial charge in [-0.3, -0.25) is 9.59 Å². The summed E-state index contributed by atoms with van der Waals surface area (Å²) in [6.07, 6.45) is 2.88. The summed E-state index contributed by atoms with van der Waals surface area (Å²) >= 11 is 0. The van der Waals surface area contributed by atoms with Crippen LogP contribution in [0.3, 0.4) is 0 Å². The first kappa shape index (κ1) is 19.1. The molecule has 2 aromatic rings. The van der Waals surface area contributed by atoms with E-state index in [1.54, 1.807) is 24.3 Å². The van der Waals surface area contributed by atoms with Crippen molar-refractivity contribution < 1.29 is 9.59 Å². The minimum atomic E-state index is -0.101. The summed E-state index contributed by atoms with van der Waals surface area (Å²) < 4.78 is 0. The fourth-order valence-electron chi connectivity index (χ4n) is 3.36. The lowest BCUT2D eigenvalue weighted by atomic mass is 10.0. The van der Waals surface area contributed by atoms with E-state index >= 15 is 0 Å². The Balaban J connectivity index is 1.64. The van der Waals surface area contributed by atoms with Crippen molar-refractivity contribution >= 4 is 17.5 Å². The molecule has 0 saturated heterocycles. The first-order valence-electron chi connectivity index (χ1n) is 9.49. The van der Waals surface area contributed by atoms with Gasteiger partial charge in [-0.2, -0.15) is 0 Å². The van der Waals surface area contributed by atoms with Crippen molar-refractivity contribution in [2.75, 3.05) is 38.6 Å². The van der Waals surface area contributed by atoms with E-state index in [2.05, 4.69) is 16.3 Å². The number of para-hydroxylation sites is 1. The number of benzene rings is 2. The first-order chi connectivity index (χ1) is 13.1. The smallest absolute Gasteiger partial charge is 0.258 e. The lowest BCUT2D eigenvalue weighted by Gasteiger charge is -2.29. The Bertz CT molecular complexity index is 799. The van der Waals surface area contributed by atoms with Crippen LogP contribution in [-0.4, -0.2) is 50.4 Å². The van der Waals surface area contributed by atoms with Crippen molar-refractivity contribution in [1.82, 2.24) is 10.2 Å². The van der Waals surface area contributed by atoms with Gasteiger partial charge in [0.1, 0.15) is 0 Å². The number of nitrogens with zero attached hydrogens (tertiary/aromatic N) is 2. The fourth-order valence-corrected chi connectivity index (χ4v) is 3.36. The van der Waals surface area contributed by atoms with Gasteiger partial charge in [-0.15, -0.1) is 0 Å². The monoisotopic (exact) mass is 365 g/mol. The third-order valence-electron chi connectivity index (χ3n) is 4.82. The molecule has 3 rings (SSSR count). The summed E-state index contributed by atoms with van der Waals surface area (Å²) in [4.78, 5) is 29.1. The van der Waals surface area contributed by atoms with Gasteiger partial charge in [-0.05, 0) is 75.8 Å². The predicted octanol–water partition coefficient (Wildman–Crippen LogP) is 2.96. The maximum Gasteiger partial charge on any atom is 0.258 e. The topological polar surface area (TPSA) is 52.7 Å². The predicted molar refractivity (Wildman–Crippen MR) is 108 cm³/mol. The molecule has 0 saturated carbocycles. The minimum Gasteiger partial charge on any atom is -0.352 e. The summed E-state index contributed by atoms with van der Waals surface area (Å²) in [6, 6.07) is 15.0. The van der Waals surface area contributed by atoms with E-state index in [1.165, 1.54) is 5.56 Å². The lowest BCUT2D eigenvalue weighted by molar-refractivity contribution is 0.0948. The number of nitrogens with one attached hydrogen (secondary N) is 1. The van der Waals surface area contributed by atoms with Crippen LogP contribution < -0.4 is 10.2 Å². The van der Waals surface area contributed by atoms with Crippen LogP contribution in [-0.2, 0) is 6.42 Å². The Kier molecular flexibility index (Phi) is 6.24. The molecule has 27 heavy (non-hydrogen) atoms. The van der Waals surface area contributed by atoms with Crippen LogP contribution in [0.25, 0.3) is 0 Å². The van der Waals surface area contributed by atoms with Crippen molar-refractivity contribution in [2.45, 2.75) is 19.3 Å². The Morgan fingerprint density at radius 2 is 1.74 bits per heavy atom. The molecule has 0 aliphatic carbocycles. The molecule has 0 atom stereocenters. The number of anilines is 1. The van der Waals surface area contributed by atoms with Crippen molar-refractivity contribution in [1.29, 1.82) is 0 Å². The Labute approximate surface area is 161 Å². The van der Waals surface area contributed by atoms with Crippen LogP contribution in [0.4, 0.5) is 5.69 Å². The molecule has 142 valence electrons. The van der Waals surface area contributed by atoms with Gasteiger partial charge in [-0.1, -0.05) is 18.2 Å². The summed E-state index contributed by atoms with van der Waals surface area (Å²) in [6.45, 7) is 2.30. The van der Waals surface area contributed by atoms with Crippen molar-refractivity contribution in [3.05, 3.63) is 65.2 Å². The highest BCUT2D eigenvalue weighted by Crippen LogP contribution is 2.28. The average molecular weight is 365 g/mol. The molecule has 2 aromatic carbocycles. The van der Waals surface area contributed by atoms with E-state index < -0.39 is 0 Å². The van der Waals surface area contributed by atoms with Crippen LogP contribution in [0.15, 0.2) is 48.5 Å². The normalized spacial score (nSPS) is 13.4. The quantitative estimate of drug-likeness (QED) is 0.801. The number of carbonyl (C=O) groups is 2. The van der Waals surface area contributed by atoms with E-state index in [1.807, 2.05) is 37.2 Å². The SMILES string of the molecule is CN(C)CCCNC(=O)c1ccc(C(=O)N2CCCc3ccccc32)cc1. The summed E-state index contributed by atoms with van der Waals surface area (Å²) in [5, 5.41) is 2.92. The van der Waals surface area contributed by atoms with Gasteiger partial charge in [0, 0.05) is 29.9 Å². The zero-order chi connectivity index (χ0) is 19.2. The average Bonchev–Trinajstić information content (AvgIpc) is 2.70. The van der Waals surface area contributed by atoms with Gasteiger partial charge in [-0.25, -0.2) is 0 Å². The third kappa shape index (κ3) is 4.74. The van der Waals surface area contributed by atoms with Crippen molar-refractivity contribution in [3.8, 4) is 0 Å². The zero-order valence-corrected chi connectivity index (χ0v) is 16.1. The van der Waals surface area contributed by atoms with E-state index in [0.717, 1.165) is 38.0 Å². The minimum absolute atomic E-state index is 0.0138. The Morgan fingerprint density at radius 1 is 1.04 bits per heavy atom. The highest BCUT2D eigenvalue weighted by molar-refractivity contribution is 6.07. The van der Waals surface area contributed by atoms with E-state index in [0.29, 0.717) is 17.7 Å². The van der Waals surface area contributed by atoms with Crippen LogP contribution in [0.1, 0.15) is 39.1 Å². The second-order valence-corrected chi connectivity index (χ2v) is 7.18. The molecule has 1 aliphatic rings. The Hall–Kier alpha value is -2.66. The fraction of sp³-hybridized carbons (Fsp3) is 0.364. The van der Waals surface area contributed by atoms with Gasteiger partial charge >= 0.3 is 0 Å². The van der Waals surface area contributed by atoms with Crippen LogP contribution in [0.5, 0.6) is 0 Å². The zero-order valence-electron chi connectivity index (χ0n) is 16.1. The van der Waals surface area contributed by atoms with Crippen molar-refractivity contribution in [3.63, 3.8) is 0 Å². The molecule has 1 heterocycles. The van der Waals surface area contributed by atoms with Gasteiger partial charge in [0.2, 0.25) is 0 Å². The van der Waals surface area contributed by atoms with Gasteiger partial charge in [0.15, 0.2) is 0 Å².